The van der Waals surface area contributed by atoms with E-state index >= 15 is 0 Å². The molecule has 1 aromatic carbocycles. The molecule has 0 radical (unpaired) electrons. The van der Waals surface area contributed by atoms with Crippen molar-refractivity contribution >= 4 is 11.9 Å². The van der Waals surface area contributed by atoms with E-state index in [4.69, 9.17) is 4.74 Å². The molecule has 0 saturated heterocycles. The molecule has 13 heavy (non-hydrogen) atoms. The van der Waals surface area contributed by atoms with Gasteiger partial charge in [0.1, 0.15) is 5.75 Å². The van der Waals surface area contributed by atoms with Crippen LogP contribution in [0.1, 0.15) is 21.5 Å². The Kier molecular flexibility index (Phi) is 1.69. The number of ether oxygens (including phenoxy) is 1. The van der Waals surface area contributed by atoms with Crippen LogP contribution in [-0.2, 0) is 0 Å². The summed E-state index contributed by atoms with van der Waals surface area (Å²) in [5, 5.41) is 0. The Morgan fingerprint density at radius 1 is 1.23 bits per heavy atom. The molecule has 0 unspecified atom stereocenters. The fourth-order valence-electron chi connectivity index (χ4n) is 1.62. The van der Waals surface area contributed by atoms with E-state index in [2.05, 4.69) is 0 Å². The zero-order valence-electron chi connectivity index (χ0n) is 7.63. The molecule has 2 rings (SSSR count). The number of allylic oxidation sites excluding steroid dienone is 1. The Morgan fingerprint density at radius 2 is 2.00 bits per heavy atom. The van der Waals surface area contributed by atoms with Crippen LogP contribution in [0.3, 0.4) is 0 Å². The van der Waals surface area contributed by atoms with E-state index in [-0.39, 0.29) is 5.78 Å². The number of hydrogen-bond acceptors (Lipinski definition) is 2. The third-order valence-corrected chi connectivity index (χ3v) is 2.24. The molecule has 0 saturated carbocycles. The molecule has 0 spiro atoms. The Balaban J connectivity index is 2.64. The van der Waals surface area contributed by atoms with Crippen molar-refractivity contribution in [2.45, 2.75) is 6.92 Å². The Labute approximate surface area is 76.8 Å². The summed E-state index contributed by atoms with van der Waals surface area (Å²) in [6.45, 7) is 1.92. The van der Waals surface area contributed by atoms with E-state index in [1.807, 2.05) is 25.1 Å². The number of ketones is 1. The highest BCUT2D eigenvalue weighted by Gasteiger charge is 2.16. The molecule has 1 aromatic rings. The second-order valence-electron chi connectivity index (χ2n) is 3.11. The Bertz CT molecular complexity index is 403. The van der Waals surface area contributed by atoms with Crippen LogP contribution in [0.5, 0.6) is 5.75 Å². The lowest BCUT2D eigenvalue weighted by Gasteiger charge is -2.06. The van der Waals surface area contributed by atoms with Gasteiger partial charge in [-0.15, -0.1) is 0 Å². The second-order valence-corrected chi connectivity index (χ2v) is 3.11. The van der Waals surface area contributed by atoms with Crippen molar-refractivity contribution in [1.29, 1.82) is 0 Å². The molecule has 0 N–H and O–H groups in total. The van der Waals surface area contributed by atoms with Crippen LogP contribution in [0, 0.1) is 6.92 Å². The first-order valence-corrected chi connectivity index (χ1v) is 4.13. The first-order valence-electron chi connectivity index (χ1n) is 4.13. The van der Waals surface area contributed by atoms with Crippen molar-refractivity contribution in [2.75, 3.05) is 7.11 Å². The molecular weight excluding hydrogens is 164 g/mol. The largest absolute Gasteiger partial charge is 0.497 e. The number of aryl methyl sites for hydroxylation is 1. The average molecular weight is 174 g/mol. The standard InChI is InChI=1S/C11H10O2/c1-7-5-9(13-2)6-8-3-4-10(12)11(7)8/h3-6H,1-2H3. The summed E-state index contributed by atoms with van der Waals surface area (Å²) in [5.41, 5.74) is 2.74. The third-order valence-electron chi connectivity index (χ3n) is 2.24. The molecule has 0 atom stereocenters. The van der Waals surface area contributed by atoms with Gasteiger partial charge in [0, 0.05) is 5.56 Å². The molecule has 66 valence electrons. The molecule has 2 nitrogen and oxygen atoms in total. The molecule has 0 aliphatic heterocycles. The Hall–Kier alpha value is -1.57. The molecule has 0 fully saturated rings. The molecule has 0 bridgehead atoms. The van der Waals surface area contributed by atoms with Crippen LogP contribution >= 0.6 is 0 Å². The molecule has 0 heterocycles. The zero-order valence-corrected chi connectivity index (χ0v) is 7.63. The lowest BCUT2D eigenvalue weighted by Crippen LogP contribution is -1.96. The van der Waals surface area contributed by atoms with Crippen LogP contribution in [0.2, 0.25) is 0 Å². The summed E-state index contributed by atoms with van der Waals surface area (Å²) in [5.74, 6) is 0.894. The number of hydrogen-bond donors (Lipinski definition) is 0. The Morgan fingerprint density at radius 3 is 2.69 bits per heavy atom. The molecular formula is C11H10O2. The number of fused-ring (bicyclic) bond motifs is 1. The highest BCUT2D eigenvalue weighted by Crippen LogP contribution is 2.27. The van der Waals surface area contributed by atoms with Gasteiger partial charge in [0.2, 0.25) is 0 Å². The van der Waals surface area contributed by atoms with Gasteiger partial charge in [-0.05, 0) is 36.3 Å². The number of carbonyl (C=O) groups excluding carboxylic acids is 1. The number of carbonyl (C=O) groups is 1. The van der Waals surface area contributed by atoms with Gasteiger partial charge in [-0.2, -0.15) is 0 Å². The minimum Gasteiger partial charge on any atom is -0.497 e. The van der Waals surface area contributed by atoms with Gasteiger partial charge < -0.3 is 4.74 Å². The monoisotopic (exact) mass is 174 g/mol. The lowest BCUT2D eigenvalue weighted by atomic mass is 10.0. The van der Waals surface area contributed by atoms with E-state index in [0.717, 1.165) is 22.4 Å². The van der Waals surface area contributed by atoms with Crippen LogP contribution in [-0.4, -0.2) is 12.9 Å². The summed E-state index contributed by atoms with van der Waals surface area (Å²) in [7, 11) is 1.63. The first kappa shape index (κ1) is 8.05. The summed E-state index contributed by atoms with van der Waals surface area (Å²) >= 11 is 0. The minimum atomic E-state index is 0.0927. The smallest absolute Gasteiger partial charge is 0.186 e. The summed E-state index contributed by atoms with van der Waals surface area (Å²) in [6.07, 6.45) is 3.42. The van der Waals surface area contributed by atoms with Gasteiger partial charge in [-0.25, -0.2) is 0 Å². The molecule has 1 aliphatic rings. The number of methoxy groups -OCH3 is 1. The van der Waals surface area contributed by atoms with Crippen LogP contribution in [0.15, 0.2) is 18.2 Å². The van der Waals surface area contributed by atoms with E-state index in [1.165, 1.54) is 0 Å². The van der Waals surface area contributed by atoms with Crippen molar-refractivity contribution in [1.82, 2.24) is 0 Å². The molecule has 1 aliphatic carbocycles. The second kappa shape index (κ2) is 2.73. The van der Waals surface area contributed by atoms with Crippen molar-refractivity contribution in [3.8, 4) is 5.75 Å². The predicted molar refractivity (Wildman–Crippen MR) is 51.1 cm³/mol. The topological polar surface area (TPSA) is 26.3 Å². The van der Waals surface area contributed by atoms with Crippen molar-refractivity contribution in [2.24, 2.45) is 0 Å². The normalized spacial score (nSPS) is 13.2. The van der Waals surface area contributed by atoms with E-state index in [1.54, 1.807) is 13.2 Å². The maximum Gasteiger partial charge on any atom is 0.186 e. The lowest BCUT2D eigenvalue weighted by molar-refractivity contribution is 0.104. The van der Waals surface area contributed by atoms with Crippen molar-refractivity contribution in [3.05, 3.63) is 34.9 Å². The van der Waals surface area contributed by atoms with Gasteiger partial charge >= 0.3 is 0 Å². The van der Waals surface area contributed by atoms with E-state index in [9.17, 15) is 4.79 Å². The maximum atomic E-state index is 11.4. The summed E-state index contributed by atoms with van der Waals surface area (Å²) < 4.78 is 5.11. The zero-order chi connectivity index (χ0) is 9.42. The highest BCUT2D eigenvalue weighted by molar-refractivity contribution is 6.14. The van der Waals surface area contributed by atoms with Crippen molar-refractivity contribution < 1.29 is 9.53 Å². The van der Waals surface area contributed by atoms with E-state index in [0.29, 0.717) is 0 Å². The summed E-state index contributed by atoms with van der Waals surface area (Å²) in [6, 6.07) is 3.76. The summed E-state index contributed by atoms with van der Waals surface area (Å²) in [4.78, 5) is 11.4. The first-order chi connectivity index (χ1) is 6.22. The van der Waals surface area contributed by atoms with Gasteiger partial charge in [0.25, 0.3) is 0 Å². The van der Waals surface area contributed by atoms with Gasteiger partial charge in [-0.3, -0.25) is 4.79 Å². The predicted octanol–water partition coefficient (Wildman–Crippen LogP) is 2.21. The quantitative estimate of drug-likeness (QED) is 0.652. The average Bonchev–Trinajstić information content (AvgIpc) is 2.48. The fraction of sp³-hybridized carbons (Fsp3) is 0.182. The molecule has 0 amide bonds. The van der Waals surface area contributed by atoms with E-state index < -0.39 is 0 Å². The van der Waals surface area contributed by atoms with Crippen LogP contribution < -0.4 is 4.74 Å². The SMILES string of the molecule is COc1cc(C)c2c(c1)C=CC2=O. The minimum absolute atomic E-state index is 0.0927. The van der Waals surface area contributed by atoms with Crippen molar-refractivity contribution in [3.63, 3.8) is 0 Å². The van der Waals surface area contributed by atoms with Crippen LogP contribution in [0.4, 0.5) is 0 Å². The molecule has 0 aromatic heterocycles. The van der Waals surface area contributed by atoms with Gasteiger partial charge in [0.15, 0.2) is 5.78 Å². The maximum absolute atomic E-state index is 11.4. The molecule has 2 heteroatoms. The third kappa shape index (κ3) is 1.15. The fourth-order valence-corrected chi connectivity index (χ4v) is 1.62. The van der Waals surface area contributed by atoms with Gasteiger partial charge in [0.05, 0.1) is 7.11 Å². The van der Waals surface area contributed by atoms with Gasteiger partial charge in [-0.1, -0.05) is 6.08 Å². The van der Waals surface area contributed by atoms with Crippen LogP contribution in [0.25, 0.3) is 6.08 Å². The number of benzene rings is 1. The number of rotatable bonds is 1. The highest BCUT2D eigenvalue weighted by atomic mass is 16.5.